The van der Waals surface area contributed by atoms with Gasteiger partial charge in [0.25, 0.3) is 0 Å². The number of carbonyl (C=O) groups excluding carboxylic acids is 1. The van der Waals surface area contributed by atoms with E-state index >= 15 is 0 Å². The Hall–Kier alpha value is -1.87. The summed E-state index contributed by atoms with van der Waals surface area (Å²) in [6.45, 7) is 3.91. The highest BCUT2D eigenvalue weighted by atomic mass is 35.5. The molecule has 3 nitrogen and oxygen atoms in total. The summed E-state index contributed by atoms with van der Waals surface area (Å²) in [5.41, 5.74) is 5.36. The molecule has 0 saturated heterocycles. The Morgan fingerprint density at radius 1 is 1.11 bits per heavy atom. The third-order valence-electron chi connectivity index (χ3n) is 2.59. The minimum Gasteiger partial charge on any atom is -0.263 e. The summed E-state index contributed by atoms with van der Waals surface area (Å²) in [4.78, 5) is 12.1. The maximum absolute atomic E-state index is 12.1. The average molecular weight is 262 g/mol. The van der Waals surface area contributed by atoms with Crippen LogP contribution in [0.3, 0.4) is 0 Å². The van der Waals surface area contributed by atoms with Gasteiger partial charge < -0.3 is 0 Å². The van der Waals surface area contributed by atoms with E-state index in [2.05, 4.69) is 5.43 Å². The lowest BCUT2D eigenvalue weighted by Gasteiger charge is -2.03. The lowest BCUT2D eigenvalue weighted by Crippen LogP contribution is -2.47. The van der Waals surface area contributed by atoms with Crippen LogP contribution in [0.25, 0.3) is 0 Å². The van der Waals surface area contributed by atoms with Gasteiger partial charge >= 0.3 is 5.91 Å². The molecule has 0 atom stereocenters. The van der Waals surface area contributed by atoms with Crippen molar-refractivity contribution in [2.75, 3.05) is 5.43 Å². The number of rotatable bonds is 2. The van der Waals surface area contributed by atoms with Crippen molar-refractivity contribution >= 4 is 17.5 Å². The van der Waals surface area contributed by atoms with Crippen molar-refractivity contribution in [1.29, 1.82) is 0 Å². The van der Waals surface area contributed by atoms with Gasteiger partial charge in [-0.25, -0.2) is 0 Å². The normalized spacial score (nSPS) is 10.2. The summed E-state index contributed by atoms with van der Waals surface area (Å²) in [6, 6.07) is 9.20. The molecule has 4 heteroatoms. The Bertz CT molecular complexity index is 579. The quantitative estimate of drug-likeness (QED) is 0.829. The maximum Gasteiger partial charge on any atom is 0.306 e. The smallest absolute Gasteiger partial charge is 0.263 e. The van der Waals surface area contributed by atoms with Crippen molar-refractivity contribution in [1.82, 2.24) is 0 Å². The number of carbonyl (C=O) groups is 1. The van der Waals surface area contributed by atoms with Crippen molar-refractivity contribution < 1.29 is 9.47 Å². The van der Waals surface area contributed by atoms with Gasteiger partial charge in [-0.2, -0.15) is 0 Å². The lowest BCUT2D eigenvalue weighted by molar-refractivity contribution is -0.641. The first kappa shape index (κ1) is 12.6. The average Bonchev–Trinajstić information content (AvgIpc) is 2.35. The molecule has 1 amide bonds. The summed E-state index contributed by atoms with van der Waals surface area (Å²) >= 11 is 6.01. The van der Waals surface area contributed by atoms with Gasteiger partial charge in [-0.15, -0.1) is 5.43 Å². The van der Waals surface area contributed by atoms with E-state index in [9.17, 15) is 4.79 Å². The first-order chi connectivity index (χ1) is 8.56. The summed E-state index contributed by atoms with van der Waals surface area (Å²) < 4.78 is 1.61. The number of nitrogens with one attached hydrogen (secondary N) is 1. The Morgan fingerprint density at radius 3 is 2.44 bits per heavy atom. The molecule has 2 rings (SSSR count). The molecule has 1 aromatic carbocycles. The number of aryl methyl sites for hydroxylation is 2. The molecule has 18 heavy (non-hydrogen) atoms. The van der Waals surface area contributed by atoms with Crippen molar-refractivity contribution in [2.45, 2.75) is 13.8 Å². The van der Waals surface area contributed by atoms with Crippen LogP contribution in [0.15, 0.2) is 42.7 Å². The second-order valence-electron chi connectivity index (χ2n) is 4.21. The van der Waals surface area contributed by atoms with Crippen LogP contribution in [0, 0.1) is 13.8 Å². The molecule has 0 bridgehead atoms. The standard InChI is InChI=1S/C14H13ClN2O/c1-10-5-7-17(8-6-10)16-14(18)12-9-11(2)3-4-13(12)15/h3-9H,1-2H3/p+1. The second-order valence-corrected chi connectivity index (χ2v) is 4.61. The topological polar surface area (TPSA) is 33.0 Å². The van der Waals surface area contributed by atoms with E-state index in [4.69, 9.17) is 11.6 Å². The largest absolute Gasteiger partial charge is 0.306 e. The van der Waals surface area contributed by atoms with E-state index in [1.807, 2.05) is 32.0 Å². The van der Waals surface area contributed by atoms with Gasteiger partial charge in [-0.1, -0.05) is 27.9 Å². The molecule has 0 aliphatic heterocycles. The minimum absolute atomic E-state index is 0.224. The van der Waals surface area contributed by atoms with Crippen molar-refractivity contribution in [3.8, 4) is 0 Å². The van der Waals surface area contributed by atoms with Crippen LogP contribution < -0.4 is 10.1 Å². The number of halogens is 1. The molecule has 0 fully saturated rings. The van der Waals surface area contributed by atoms with Gasteiger partial charge in [0.1, 0.15) is 0 Å². The molecular formula is C14H14ClN2O+. The van der Waals surface area contributed by atoms with Crippen molar-refractivity contribution in [3.63, 3.8) is 0 Å². The molecule has 0 aliphatic carbocycles. The van der Waals surface area contributed by atoms with Crippen LogP contribution in [-0.4, -0.2) is 5.91 Å². The molecule has 0 saturated carbocycles. The lowest BCUT2D eigenvalue weighted by atomic mass is 10.1. The Kier molecular flexibility index (Phi) is 3.63. The number of amides is 1. The summed E-state index contributed by atoms with van der Waals surface area (Å²) in [5.74, 6) is -0.224. The van der Waals surface area contributed by atoms with Crippen LogP contribution in [0.5, 0.6) is 0 Å². The molecule has 92 valence electrons. The molecular weight excluding hydrogens is 248 g/mol. The fourth-order valence-electron chi connectivity index (χ4n) is 1.57. The molecule has 0 radical (unpaired) electrons. The number of pyridine rings is 1. The van der Waals surface area contributed by atoms with Gasteiger partial charge in [-0.05, 0) is 31.5 Å². The molecule has 1 aromatic heterocycles. The van der Waals surface area contributed by atoms with Crippen molar-refractivity contribution in [3.05, 3.63) is 64.4 Å². The first-order valence-electron chi connectivity index (χ1n) is 5.62. The summed E-state index contributed by atoms with van der Waals surface area (Å²) in [7, 11) is 0. The van der Waals surface area contributed by atoms with Crippen LogP contribution >= 0.6 is 11.6 Å². The number of nitrogens with zero attached hydrogens (tertiary/aromatic N) is 1. The fraction of sp³-hybridized carbons (Fsp3) is 0.143. The van der Waals surface area contributed by atoms with Crippen molar-refractivity contribution in [2.24, 2.45) is 0 Å². The number of aromatic nitrogens is 1. The summed E-state index contributed by atoms with van der Waals surface area (Å²) in [6.07, 6.45) is 3.58. The predicted molar refractivity (Wildman–Crippen MR) is 71.3 cm³/mol. The van der Waals surface area contributed by atoms with E-state index in [0.717, 1.165) is 11.1 Å². The van der Waals surface area contributed by atoms with Gasteiger partial charge in [0.05, 0.1) is 10.6 Å². The molecule has 2 aromatic rings. The SMILES string of the molecule is Cc1cc[n+](NC(=O)c2cc(C)ccc2Cl)cc1. The van der Waals surface area contributed by atoms with E-state index < -0.39 is 0 Å². The third kappa shape index (κ3) is 2.87. The van der Waals surface area contributed by atoms with Gasteiger partial charge in [0.15, 0.2) is 12.4 Å². The van der Waals surface area contributed by atoms with E-state index in [1.54, 1.807) is 29.2 Å². The van der Waals surface area contributed by atoms with E-state index in [1.165, 1.54) is 0 Å². The minimum atomic E-state index is -0.224. The monoisotopic (exact) mass is 261 g/mol. The summed E-state index contributed by atoms with van der Waals surface area (Å²) in [5, 5.41) is 0.450. The molecule has 0 spiro atoms. The maximum atomic E-state index is 12.1. The zero-order valence-corrected chi connectivity index (χ0v) is 11.0. The highest BCUT2D eigenvalue weighted by Gasteiger charge is 2.14. The highest BCUT2D eigenvalue weighted by molar-refractivity contribution is 6.34. The molecule has 0 aliphatic rings. The van der Waals surface area contributed by atoms with E-state index in [-0.39, 0.29) is 5.91 Å². The molecule has 1 N–H and O–H groups in total. The van der Waals surface area contributed by atoms with Gasteiger partial charge in [0.2, 0.25) is 0 Å². The first-order valence-corrected chi connectivity index (χ1v) is 5.99. The van der Waals surface area contributed by atoms with Crippen LogP contribution in [0.1, 0.15) is 21.5 Å². The highest BCUT2D eigenvalue weighted by Crippen LogP contribution is 2.17. The van der Waals surface area contributed by atoms with Crippen LogP contribution in [0.2, 0.25) is 5.02 Å². The number of hydrogen-bond donors (Lipinski definition) is 1. The molecule has 0 unspecified atom stereocenters. The molecule has 1 heterocycles. The Labute approximate surface area is 111 Å². The van der Waals surface area contributed by atoms with Gasteiger partial charge in [-0.3, -0.25) is 4.79 Å². The van der Waals surface area contributed by atoms with Crippen LogP contribution in [-0.2, 0) is 0 Å². The Balaban J connectivity index is 2.21. The number of hydrogen-bond acceptors (Lipinski definition) is 1. The Morgan fingerprint density at radius 2 is 1.78 bits per heavy atom. The van der Waals surface area contributed by atoms with E-state index in [0.29, 0.717) is 10.6 Å². The predicted octanol–water partition coefficient (Wildman–Crippen LogP) is 2.63. The number of benzene rings is 1. The third-order valence-corrected chi connectivity index (χ3v) is 2.92. The second kappa shape index (κ2) is 5.19. The van der Waals surface area contributed by atoms with Crippen LogP contribution in [0.4, 0.5) is 0 Å². The van der Waals surface area contributed by atoms with Gasteiger partial charge in [0, 0.05) is 12.1 Å². The zero-order chi connectivity index (χ0) is 13.1. The zero-order valence-electron chi connectivity index (χ0n) is 10.3. The fourth-order valence-corrected chi connectivity index (χ4v) is 1.77.